The molecule has 140 valence electrons. The molecule has 0 aromatic heterocycles. The van der Waals surface area contributed by atoms with E-state index in [0.29, 0.717) is 24.3 Å². The molecule has 1 aromatic carbocycles. The van der Waals surface area contributed by atoms with Gasteiger partial charge >= 0.3 is 5.97 Å². The average molecular weight is 355 g/mol. The summed E-state index contributed by atoms with van der Waals surface area (Å²) in [7, 11) is 0. The molecule has 1 N–H and O–H groups in total. The van der Waals surface area contributed by atoms with E-state index < -0.39 is 0 Å². The van der Waals surface area contributed by atoms with Crippen LogP contribution in [0.2, 0.25) is 0 Å². The number of hydrogen-bond donors (Lipinski definition) is 1. The summed E-state index contributed by atoms with van der Waals surface area (Å²) in [5.41, 5.74) is 2.18. The second kappa shape index (κ2) is 7.05. The van der Waals surface area contributed by atoms with Gasteiger partial charge in [0.2, 0.25) is 0 Å². The molecule has 26 heavy (non-hydrogen) atoms. The maximum atomic E-state index is 12.7. The number of benzene rings is 1. The SMILES string of the molecule is Cc1ccccc1CCNC(=O)COC(=O)C12CC3CC(CC(C3)C1)C2. The molecule has 0 radical (unpaired) electrons. The average Bonchev–Trinajstić information content (AvgIpc) is 2.60. The van der Waals surface area contributed by atoms with Gasteiger partial charge in [-0.05, 0) is 80.8 Å². The van der Waals surface area contributed by atoms with E-state index >= 15 is 0 Å². The number of amides is 1. The third-order valence-corrected chi connectivity index (χ3v) is 6.78. The van der Waals surface area contributed by atoms with Crippen LogP contribution in [0.5, 0.6) is 0 Å². The molecule has 4 aliphatic carbocycles. The van der Waals surface area contributed by atoms with Crippen LogP contribution < -0.4 is 5.32 Å². The number of carbonyl (C=O) groups is 2. The Morgan fingerprint density at radius 1 is 1.08 bits per heavy atom. The standard InChI is InChI=1S/C22H29NO3/c1-15-4-2-3-5-19(15)6-7-23-20(24)14-26-21(25)22-11-16-8-17(12-22)10-18(9-16)13-22/h2-5,16-18H,6-14H2,1H3,(H,23,24). The summed E-state index contributed by atoms with van der Waals surface area (Å²) in [6.45, 7) is 2.50. The smallest absolute Gasteiger partial charge is 0.312 e. The molecule has 4 fully saturated rings. The molecule has 0 aliphatic heterocycles. The summed E-state index contributed by atoms with van der Waals surface area (Å²) in [5.74, 6) is 1.80. The molecule has 4 bridgehead atoms. The number of aryl methyl sites for hydroxylation is 1. The highest BCUT2D eigenvalue weighted by molar-refractivity contribution is 5.83. The zero-order valence-corrected chi connectivity index (χ0v) is 15.6. The van der Waals surface area contributed by atoms with Crippen molar-refractivity contribution in [3.8, 4) is 0 Å². The van der Waals surface area contributed by atoms with E-state index in [-0.39, 0.29) is 23.9 Å². The van der Waals surface area contributed by atoms with Crippen molar-refractivity contribution in [1.29, 1.82) is 0 Å². The molecule has 0 spiro atoms. The van der Waals surface area contributed by atoms with Crippen molar-refractivity contribution in [3.63, 3.8) is 0 Å². The predicted molar refractivity (Wildman–Crippen MR) is 99.5 cm³/mol. The minimum atomic E-state index is -0.282. The number of hydrogen-bond acceptors (Lipinski definition) is 3. The van der Waals surface area contributed by atoms with Gasteiger partial charge in [-0.3, -0.25) is 9.59 Å². The molecule has 4 aliphatic rings. The number of ether oxygens (including phenoxy) is 1. The minimum Gasteiger partial charge on any atom is -0.455 e. The van der Waals surface area contributed by atoms with E-state index in [0.717, 1.165) is 25.7 Å². The maximum Gasteiger partial charge on any atom is 0.312 e. The number of esters is 1. The Bertz CT molecular complexity index is 661. The first-order chi connectivity index (χ1) is 12.5. The summed E-state index contributed by atoms with van der Waals surface area (Å²) in [5, 5.41) is 2.87. The van der Waals surface area contributed by atoms with Crippen LogP contribution in [0.1, 0.15) is 49.7 Å². The van der Waals surface area contributed by atoms with Crippen LogP contribution in [0.4, 0.5) is 0 Å². The van der Waals surface area contributed by atoms with Gasteiger partial charge in [0.25, 0.3) is 5.91 Å². The molecule has 4 nitrogen and oxygen atoms in total. The highest BCUT2D eigenvalue weighted by atomic mass is 16.5. The molecular weight excluding hydrogens is 326 g/mol. The third kappa shape index (κ3) is 3.51. The van der Waals surface area contributed by atoms with E-state index in [9.17, 15) is 9.59 Å². The van der Waals surface area contributed by atoms with Crippen molar-refractivity contribution in [2.75, 3.05) is 13.2 Å². The summed E-state index contributed by atoms with van der Waals surface area (Å²) in [6, 6.07) is 8.18. The largest absolute Gasteiger partial charge is 0.455 e. The summed E-state index contributed by atoms with van der Waals surface area (Å²) in [4.78, 5) is 24.8. The lowest BCUT2D eigenvalue weighted by Gasteiger charge is -2.55. The van der Waals surface area contributed by atoms with Gasteiger partial charge in [-0.1, -0.05) is 24.3 Å². The van der Waals surface area contributed by atoms with E-state index in [2.05, 4.69) is 24.4 Å². The van der Waals surface area contributed by atoms with E-state index in [1.165, 1.54) is 30.4 Å². The Balaban J connectivity index is 1.23. The van der Waals surface area contributed by atoms with E-state index in [1.54, 1.807) is 0 Å². The Hall–Kier alpha value is -1.84. The first-order valence-corrected chi connectivity index (χ1v) is 10.0. The summed E-state index contributed by atoms with van der Waals surface area (Å²) < 4.78 is 5.46. The molecule has 0 saturated heterocycles. The van der Waals surface area contributed by atoms with Crippen molar-refractivity contribution in [2.24, 2.45) is 23.2 Å². The van der Waals surface area contributed by atoms with Crippen LogP contribution in [0, 0.1) is 30.1 Å². The minimum absolute atomic E-state index is 0.120. The number of nitrogens with one attached hydrogen (secondary N) is 1. The molecule has 5 rings (SSSR count). The fourth-order valence-electron chi connectivity index (χ4n) is 5.92. The quantitative estimate of drug-likeness (QED) is 0.796. The van der Waals surface area contributed by atoms with Gasteiger partial charge in [-0.25, -0.2) is 0 Å². The van der Waals surface area contributed by atoms with Crippen LogP contribution in [-0.2, 0) is 20.7 Å². The van der Waals surface area contributed by atoms with Crippen LogP contribution in [-0.4, -0.2) is 25.0 Å². The Morgan fingerprint density at radius 2 is 1.69 bits per heavy atom. The van der Waals surface area contributed by atoms with E-state index in [4.69, 9.17) is 4.74 Å². The highest BCUT2D eigenvalue weighted by Gasteiger charge is 2.55. The molecule has 1 amide bonds. The summed E-state index contributed by atoms with van der Waals surface area (Å²) in [6.07, 6.45) is 7.62. The maximum absolute atomic E-state index is 12.7. The van der Waals surface area contributed by atoms with Crippen LogP contribution in [0.15, 0.2) is 24.3 Å². The second-order valence-electron chi connectivity index (χ2n) is 8.80. The molecule has 1 aromatic rings. The van der Waals surface area contributed by atoms with E-state index in [1.807, 2.05) is 12.1 Å². The fourth-order valence-corrected chi connectivity index (χ4v) is 5.92. The van der Waals surface area contributed by atoms with Crippen molar-refractivity contribution < 1.29 is 14.3 Å². The van der Waals surface area contributed by atoms with Gasteiger partial charge in [0, 0.05) is 6.54 Å². The molecule has 0 atom stereocenters. The van der Waals surface area contributed by atoms with Gasteiger partial charge in [0.05, 0.1) is 5.41 Å². The lowest BCUT2D eigenvalue weighted by Crippen LogP contribution is -2.51. The molecule has 4 heteroatoms. The van der Waals surface area contributed by atoms with Gasteiger partial charge in [0.15, 0.2) is 6.61 Å². The third-order valence-electron chi connectivity index (χ3n) is 6.78. The van der Waals surface area contributed by atoms with Crippen LogP contribution in [0.3, 0.4) is 0 Å². The monoisotopic (exact) mass is 355 g/mol. The first-order valence-electron chi connectivity index (χ1n) is 10.0. The normalized spacial score (nSPS) is 31.7. The number of rotatable bonds is 6. The molecule has 4 saturated carbocycles. The second-order valence-corrected chi connectivity index (χ2v) is 8.80. The predicted octanol–water partition coefficient (Wildman–Crippen LogP) is 3.41. The van der Waals surface area contributed by atoms with Gasteiger partial charge in [-0.2, -0.15) is 0 Å². The highest BCUT2D eigenvalue weighted by Crippen LogP contribution is 2.60. The Labute approximate surface area is 155 Å². The number of carbonyl (C=O) groups excluding carboxylic acids is 2. The lowest BCUT2D eigenvalue weighted by atomic mass is 9.49. The van der Waals surface area contributed by atoms with Crippen molar-refractivity contribution in [2.45, 2.75) is 51.9 Å². The molecule has 0 unspecified atom stereocenters. The fraction of sp³-hybridized carbons (Fsp3) is 0.636. The van der Waals surface area contributed by atoms with Gasteiger partial charge < -0.3 is 10.1 Å². The first kappa shape index (κ1) is 17.6. The molecular formula is C22H29NO3. The zero-order chi connectivity index (χ0) is 18.1. The Morgan fingerprint density at radius 3 is 2.31 bits per heavy atom. The molecule has 0 heterocycles. The zero-order valence-electron chi connectivity index (χ0n) is 15.6. The van der Waals surface area contributed by atoms with Crippen LogP contribution in [0.25, 0.3) is 0 Å². The van der Waals surface area contributed by atoms with Gasteiger partial charge in [-0.15, -0.1) is 0 Å². The van der Waals surface area contributed by atoms with Crippen molar-refractivity contribution in [3.05, 3.63) is 35.4 Å². The topological polar surface area (TPSA) is 55.4 Å². The van der Waals surface area contributed by atoms with Crippen LogP contribution >= 0.6 is 0 Å². The van der Waals surface area contributed by atoms with Gasteiger partial charge in [0.1, 0.15) is 0 Å². The Kier molecular flexibility index (Phi) is 4.76. The lowest BCUT2D eigenvalue weighted by molar-refractivity contribution is -0.173. The van der Waals surface area contributed by atoms with Crippen molar-refractivity contribution >= 4 is 11.9 Å². The van der Waals surface area contributed by atoms with Crippen molar-refractivity contribution in [1.82, 2.24) is 5.32 Å². The summed E-state index contributed by atoms with van der Waals surface area (Å²) >= 11 is 0.